The Labute approximate surface area is 173 Å². The average molecular weight is 414 g/mol. The second kappa shape index (κ2) is 9.39. The van der Waals surface area contributed by atoms with Gasteiger partial charge in [-0.15, -0.1) is 10.2 Å². The summed E-state index contributed by atoms with van der Waals surface area (Å²) in [7, 11) is 0. The lowest BCUT2D eigenvalue weighted by molar-refractivity contribution is 0.0982. The Morgan fingerprint density at radius 2 is 1.93 bits per heavy atom. The van der Waals surface area contributed by atoms with Gasteiger partial charge in [0.2, 0.25) is 5.82 Å². The van der Waals surface area contributed by atoms with E-state index >= 15 is 0 Å². The predicted octanol–water partition coefficient (Wildman–Crippen LogP) is 5.94. The first-order valence-electron chi connectivity index (χ1n) is 10.1. The Kier molecular flexibility index (Phi) is 6.44. The number of hydrogen-bond donors (Lipinski definition) is 0. The molecule has 1 saturated carbocycles. The number of aromatic nitrogens is 3. The summed E-state index contributed by atoms with van der Waals surface area (Å²) in [6, 6.07) is 9.90. The zero-order valence-electron chi connectivity index (χ0n) is 16.2. The third-order valence-electron chi connectivity index (χ3n) is 5.29. The second-order valence-corrected chi connectivity index (χ2v) is 8.39. The molecule has 1 aliphatic rings. The first kappa shape index (κ1) is 19.9. The minimum Gasteiger partial charge on any atom is -0.461 e. The molecule has 0 bridgehead atoms. The van der Waals surface area contributed by atoms with Crippen LogP contribution in [0.25, 0.3) is 11.6 Å². The van der Waals surface area contributed by atoms with Crippen LogP contribution in [0.4, 0.5) is 4.39 Å². The number of hydrogen-bond acceptors (Lipinski definition) is 5. The SMILES string of the molecule is O=C(CCCSc1nnc(-c2ccco2)n1C1CCCCC1)c1ccc(F)cc1. The van der Waals surface area contributed by atoms with Gasteiger partial charge in [-0.1, -0.05) is 31.0 Å². The summed E-state index contributed by atoms with van der Waals surface area (Å²) >= 11 is 1.63. The summed E-state index contributed by atoms with van der Waals surface area (Å²) in [5.74, 6) is 2.01. The Morgan fingerprint density at radius 3 is 2.66 bits per heavy atom. The van der Waals surface area contributed by atoms with Gasteiger partial charge in [-0.25, -0.2) is 4.39 Å². The molecule has 0 saturated heterocycles. The maximum absolute atomic E-state index is 13.0. The molecule has 0 spiro atoms. The largest absolute Gasteiger partial charge is 0.461 e. The molecule has 0 unspecified atom stereocenters. The van der Waals surface area contributed by atoms with Crippen molar-refractivity contribution in [3.63, 3.8) is 0 Å². The number of ketones is 1. The van der Waals surface area contributed by atoms with E-state index in [4.69, 9.17) is 4.42 Å². The van der Waals surface area contributed by atoms with E-state index in [-0.39, 0.29) is 11.6 Å². The number of halogens is 1. The molecule has 0 N–H and O–H groups in total. The van der Waals surface area contributed by atoms with Crippen LogP contribution < -0.4 is 0 Å². The fourth-order valence-electron chi connectivity index (χ4n) is 3.79. The van der Waals surface area contributed by atoms with E-state index < -0.39 is 0 Å². The van der Waals surface area contributed by atoms with Crippen molar-refractivity contribution in [2.24, 2.45) is 0 Å². The van der Waals surface area contributed by atoms with Crippen molar-refractivity contribution in [3.05, 3.63) is 54.0 Å². The van der Waals surface area contributed by atoms with Crippen molar-refractivity contribution in [3.8, 4) is 11.6 Å². The average Bonchev–Trinajstić information content (AvgIpc) is 3.42. The first-order chi connectivity index (χ1) is 14.2. The number of thioether (sulfide) groups is 1. The maximum atomic E-state index is 13.0. The summed E-state index contributed by atoms with van der Waals surface area (Å²) in [5.41, 5.74) is 0.557. The van der Waals surface area contributed by atoms with Gasteiger partial charge in [0, 0.05) is 23.8 Å². The monoisotopic (exact) mass is 413 g/mol. The molecular formula is C22H24FN3O2S. The highest BCUT2D eigenvalue weighted by Gasteiger charge is 2.24. The van der Waals surface area contributed by atoms with Crippen LogP contribution in [-0.4, -0.2) is 26.3 Å². The van der Waals surface area contributed by atoms with Crippen LogP contribution in [0.1, 0.15) is 61.3 Å². The molecule has 1 fully saturated rings. The van der Waals surface area contributed by atoms with E-state index in [1.54, 1.807) is 30.2 Å². The van der Waals surface area contributed by atoms with Gasteiger partial charge in [0.05, 0.1) is 6.26 Å². The zero-order valence-corrected chi connectivity index (χ0v) is 17.0. The second-order valence-electron chi connectivity index (χ2n) is 7.33. The van der Waals surface area contributed by atoms with E-state index in [2.05, 4.69) is 14.8 Å². The fourth-order valence-corrected chi connectivity index (χ4v) is 4.74. The van der Waals surface area contributed by atoms with Gasteiger partial charge >= 0.3 is 0 Å². The molecule has 7 heteroatoms. The summed E-state index contributed by atoms with van der Waals surface area (Å²) in [6.07, 6.45) is 8.79. The van der Waals surface area contributed by atoms with Crippen LogP contribution in [0.2, 0.25) is 0 Å². The molecule has 3 aromatic rings. The van der Waals surface area contributed by atoms with E-state index in [9.17, 15) is 9.18 Å². The summed E-state index contributed by atoms with van der Waals surface area (Å²) in [5, 5.41) is 9.71. The van der Waals surface area contributed by atoms with E-state index in [1.807, 2.05) is 12.1 Å². The highest BCUT2D eigenvalue weighted by Crippen LogP contribution is 2.35. The Morgan fingerprint density at radius 1 is 1.14 bits per heavy atom. The molecule has 4 rings (SSSR count). The minimum absolute atomic E-state index is 0.0376. The van der Waals surface area contributed by atoms with Crippen molar-refractivity contribution in [1.82, 2.24) is 14.8 Å². The van der Waals surface area contributed by atoms with Crippen molar-refractivity contribution >= 4 is 17.5 Å². The van der Waals surface area contributed by atoms with Crippen molar-refractivity contribution in [2.75, 3.05) is 5.75 Å². The molecule has 2 heterocycles. The highest BCUT2D eigenvalue weighted by atomic mass is 32.2. The summed E-state index contributed by atoms with van der Waals surface area (Å²) in [6.45, 7) is 0. The minimum atomic E-state index is -0.327. The van der Waals surface area contributed by atoms with Crippen molar-refractivity contribution < 1.29 is 13.6 Å². The fraction of sp³-hybridized carbons (Fsp3) is 0.409. The van der Waals surface area contributed by atoms with Crippen LogP contribution in [0, 0.1) is 5.82 Å². The number of carbonyl (C=O) groups excluding carboxylic acids is 1. The molecule has 0 amide bonds. The molecule has 5 nitrogen and oxygen atoms in total. The van der Waals surface area contributed by atoms with Gasteiger partial charge < -0.3 is 4.42 Å². The number of nitrogens with zero attached hydrogens (tertiary/aromatic N) is 3. The molecule has 0 aliphatic heterocycles. The van der Waals surface area contributed by atoms with Crippen LogP contribution in [0.5, 0.6) is 0 Å². The molecule has 1 aromatic carbocycles. The third kappa shape index (κ3) is 4.78. The van der Waals surface area contributed by atoms with Gasteiger partial charge in [0.1, 0.15) is 5.82 Å². The number of furan rings is 1. The summed E-state index contributed by atoms with van der Waals surface area (Å²) in [4.78, 5) is 12.3. The lowest BCUT2D eigenvalue weighted by atomic mass is 9.95. The van der Waals surface area contributed by atoms with E-state index in [1.165, 1.54) is 31.4 Å². The number of carbonyl (C=O) groups is 1. The van der Waals surface area contributed by atoms with Gasteiger partial charge in [-0.05, 0) is 55.7 Å². The molecule has 1 aliphatic carbocycles. The third-order valence-corrected chi connectivity index (χ3v) is 6.32. The highest BCUT2D eigenvalue weighted by molar-refractivity contribution is 7.99. The Bertz CT molecular complexity index is 932. The summed E-state index contributed by atoms with van der Waals surface area (Å²) < 4.78 is 20.8. The first-order valence-corrected chi connectivity index (χ1v) is 11.1. The molecule has 29 heavy (non-hydrogen) atoms. The van der Waals surface area contributed by atoms with Crippen molar-refractivity contribution in [2.45, 2.75) is 56.1 Å². The van der Waals surface area contributed by atoms with Crippen molar-refractivity contribution in [1.29, 1.82) is 0 Å². The van der Waals surface area contributed by atoms with Crippen LogP contribution >= 0.6 is 11.8 Å². The zero-order chi connectivity index (χ0) is 20.1. The smallest absolute Gasteiger partial charge is 0.200 e. The van der Waals surface area contributed by atoms with Crippen LogP contribution in [0.15, 0.2) is 52.2 Å². The van der Waals surface area contributed by atoms with Gasteiger partial charge in [0.15, 0.2) is 16.7 Å². The van der Waals surface area contributed by atoms with Crippen LogP contribution in [-0.2, 0) is 0 Å². The van der Waals surface area contributed by atoms with E-state index in [0.717, 1.165) is 41.8 Å². The standard InChI is InChI=1S/C22H24FN3O2S/c23-17-12-10-16(11-13-17)19(27)8-5-15-29-22-25-24-21(20-9-4-14-28-20)26(22)18-6-2-1-3-7-18/h4,9-14,18H,1-3,5-8,15H2. The molecule has 0 atom stereocenters. The lowest BCUT2D eigenvalue weighted by Gasteiger charge is -2.25. The van der Waals surface area contributed by atoms with E-state index in [0.29, 0.717) is 18.0 Å². The van der Waals surface area contributed by atoms with Gasteiger partial charge in [-0.2, -0.15) is 0 Å². The molecule has 152 valence electrons. The molecule has 2 aromatic heterocycles. The number of rotatable bonds is 8. The lowest BCUT2D eigenvalue weighted by Crippen LogP contribution is -2.15. The normalized spacial score (nSPS) is 14.9. The quantitative estimate of drug-likeness (QED) is 0.260. The number of benzene rings is 1. The van der Waals surface area contributed by atoms with Gasteiger partial charge in [-0.3, -0.25) is 9.36 Å². The molecule has 0 radical (unpaired) electrons. The Balaban J connectivity index is 1.40. The number of Topliss-reactive ketones (excluding diaryl/α,β-unsaturated/α-hetero) is 1. The van der Waals surface area contributed by atoms with Gasteiger partial charge in [0.25, 0.3) is 0 Å². The maximum Gasteiger partial charge on any atom is 0.200 e. The van der Waals surface area contributed by atoms with Crippen LogP contribution in [0.3, 0.4) is 0 Å². The predicted molar refractivity (Wildman–Crippen MR) is 111 cm³/mol. The topological polar surface area (TPSA) is 60.9 Å². The molecular weight excluding hydrogens is 389 g/mol. The Hall–Kier alpha value is -2.41.